The fraction of sp³-hybridized carbons (Fsp3) is 0.846. The molecular formula is C13H26N2. The van der Waals surface area contributed by atoms with Gasteiger partial charge in [0.2, 0.25) is 0 Å². The molecule has 0 aromatic heterocycles. The van der Waals surface area contributed by atoms with Crippen LogP contribution in [0.3, 0.4) is 0 Å². The molecule has 1 aliphatic rings. The zero-order chi connectivity index (χ0) is 11.3. The molecule has 0 aliphatic carbocycles. The predicted molar refractivity (Wildman–Crippen MR) is 67.1 cm³/mol. The van der Waals surface area contributed by atoms with Gasteiger partial charge in [0.15, 0.2) is 0 Å². The van der Waals surface area contributed by atoms with E-state index in [9.17, 15) is 0 Å². The molecule has 1 heterocycles. The Morgan fingerprint density at radius 3 is 2.93 bits per heavy atom. The number of hydrogen-bond acceptors (Lipinski definition) is 2. The summed E-state index contributed by atoms with van der Waals surface area (Å²) >= 11 is 0. The highest BCUT2D eigenvalue weighted by atomic mass is 15.1. The highest BCUT2D eigenvalue weighted by Crippen LogP contribution is 2.16. The highest BCUT2D eigenvalue weighted by molar-refractivity contribution is 4.84. The van der Waals surface area contributed by atoms with Crippen molar-refractivity contribution < 1.29 is 0 Å². The van der Waals surface area contributed by atoms with Crippen molar-refractivity contribution in [3.05, 3.63) is 12.7 Å². The maximum Gasteiger partial charge on any atom is 0.0119 e. The van der Waals surface area contributed by atoms with Crippen molar-refractivity contribution >= 4 is 0 Å². The number of nitrogens with one attached hydrogen (secondary N) is 1. The van der Waals surface area contributed by atoms with E-state index in [4.69, 9.17) is 0 Å². The number of rotatable bonds is 5. The average molecular weight is 210 g/mol. The van der Waals surface area contributed by atoms with E-state index >= 15 is 0 Å². The fourth-order valence-corrected chi connectivity index (χ4v) is 2.42. The van der Waals surface area contributed by atoms with Crippen molar-refractivity contribution in [2.45, 2.75) is 45.2 Å². The Morgan fingerprint density at radius 2 is 2.33 bits per heavy atom. The second-order valence-electron chi connectivity index (χ2n) is 5.07. The van der Waals surface area contributed by atoms with Gasteiger partial charge in [0.1, 0.15) is 0 Å². The minimum atomic E-state index is 0.624. The molecule has 1 fully saturated rings. The van der Waals surface area contributed by atoms with Crippen molar-refractivity contribution in [1.29, 1.82) is 0 Å². The molecule has 15 heavy (non-hydrogen) atoms. The van der Waals surface area contributed by atoms with Crippen molar-refractivity contribution in [3.63, 3.8) is 0 Å². The van der Waals surface area contributed by atoms with Gasteiger partial charge in [0.25, 0.3) is 0 Å². The lowest BCUT2D eigenvalue weighted by Gasteiger charge is -2.37. The SMILES string of the molecule is C=CCCC(C)NC1CCN(C)CC1C. The highest BCUT2D eigenvalue weighted by Gasteiger charge is 2.24. The zero-order valence-corrected chi connectivity index (χ0v) is 10.5. The second kappa shape index (κ2) is 6.29. The molecule has 0 bridgehead atoms. The molecule has 0 amide bonds. The third-order valence-electron chi connectivity index (χ3n) is 3.41. The lowest BCUT2D eigenvalue weighted by molar-refractivity contribution is 0.166. The second-order valence-corrected chi connectivity index (χ2v) is 5.07. The van der Waals surface area contributed by atoms with Crippen molar-refractivity contribution in [2.24, 2.45) is 5.92 Å². The Morgan fingerprint density at radius 1 is 1.60 bits per heavy atom. The topological polar surface area (TPSA) is 15.3 Å². The van der Waals surface area contributed by atoms with E-state index in [2.05, 4.69) is 37.7 Å². The van der Waals surface area contributed by atoms with Gasteiger partial charge in [-0.15, -0.1) is 6.58 Å². The van der Waals surface area contributed by atoms with Gasteiger partial charge in [-0.25, -0.2) is 0 Å². The Labute approximate surface area is 94.7 Å². The van der Waals surface area contributed by atoms with Crippen molar-refractivity contribution in [1.82, 2.24) is 10.2 Å². The van der Waals surface area contributed by atoms with Gasteiger partial charge in [-0.1, -0.05) is 13.0 Å². The summed E-state index contributed by atoms with van der Waals surface area (Å²) in [5, 5.41) is 3.75. The summed E-state index contributed by atoms with van der Waals surface area (Å²) in [4.78, 5) is 2.43. The maximum absolute atomic E-state index is 3.77. The molecule has 3 unspecified atom stereocenters. The summed E-state index contributed by atoms with van der Waals surface area (Å²) in [5.74, 6) is 0.773. The van der Waals surface area contributed by atoms with Crippen LogP contribution in [-0.4, -0.2) is 37.1 Å². The van der Waals surface area contributed by atoms with Crippen LogP contribution < -0.4 is 5.32 Å². The summed E-state index contributed by atoms with van der Waals surface area (Å²) in [5.41, 5.74) is 0. The van der Waals surface area contributed by atoms with Gasteiger partial charge in [-0.2, -0.15) is 0 Å². The van der Waals surface area contributed by atoms with E-state index in [1.54, 1.807) is 0 Å². The lowest BCUT2D eigenvalue weighted by Crippen LogP contribution is -2.49. The number of nitrogens with zero attached hydrogens (tertiary/aromatic N) is 1. The zero-order valence-electron chi connectivity index (χ0n) is 10.5. The Hall–Kier alpha value is -0.340. The van der Waals surface area contributed by atoms with Crippen LogP contribution in [0.15, 0.2) is 12.7 Å². The fourth-order valence-electron chi connectivity index (χ4n) is 2.42. The van der Waals surface area contributed by atoms with E-state index in [0.29, 0.717) is 12.1 Å². The molecule has 0 saturated carbocycles. The van der Waals surface area contributed by atoms with Crippen LogP contribution in [0.1, 0.15) is 33.1 Å². The average Bonchev–Trinajstić information content (AvgIpc) is 2.19. The van der Waals surface area contributed by atoms with Crippen LogP contribution in [-0.2, 0) is 0 Å². The first-order valence-corrected chi connectivity index (χ1v) is 6.19. The molecule has 1 saturated heterocycles. The van der Waals surface area contributed by atoms with E-state index in [1.165, 1.54) is 25.9 Å². The first-order chi connectivity index (χ1) is 7.13. The normalized spacial score (nSPS) is 30.1. The van der Waals surface area contributed by atoms with Crippen molar-refractivity contribution in [3.8, 4) is 0 Å². The molecule has 2 heteroatoms. The predicted octanol–water partition coefficient (Wildman–Crippen LogP) is 2.27. The summed E-state index contributed by atoms with van der Waals surface area (Å²) < 4.78 is 0. The minimum Gasteiger partial charge on any atom is -0.311 e. The van der Waals surface area contributed by atoms with Gasteiger partial charge in [-0.3, -0.25) is 0 Å². The molecule has 0 spiro atoms. The third kappa shape index (κ3) is 4.35. The molecule has 2 nitrogen and oxygen atoms in total. The molecule has 3 atom stereocenters. The minimum absolute atomic E-state index is 0.624. The molecule has 88 valence electrons. The summed E-state index contributed by atoms with van der Waals surface area (Å²) in [6.07, 6.45) is 5.63. The molecule has 0 aromatic carbocycles. The van der Waals surface area contributed by atoms with Gasteiger partial charge < -0.3 is 10.2 Å². The smallest absolute Gasteiger partial charge is 0.0119 e. The van der Waals surface area contributed by atoms with Crippen LogP contribution in [0, 0.1) is 5.92 Å². The Kier molecular flexibility index (Phi) is 5.34. The molecule has 0 aromatic rings. The summed E-state index contributed by atoms with van der Waals surface area (Å²) in [7, 11) is 2.22. The third-order valence-corrected chi connectivity index (χ3v) is 3.41. The van der Waals surface area contributed by atoms with E-state index in [0.717, 1.165) is 12.3 Å². The van der Waals surface area contributed by atoms with Crippen molar-refractivity contribution in [2.75, 3.05) is 20.1 Å². The number of piperidine rings is 1. The molecular weight excluding hydrogens is 184 g/mol. The lowest BCUT2D eigenvalue weighted by atomic mass is 9.93. The van der Waals surface area contributed by atoms with E-state index in [1.807, 2.05) is 6.08 Å². The van der Waals surface area contributed by atoms with Gasteiger partial charge in [-0.05, 0) is 45.7 Å². The van der Waals surface area contributed by atoms with Crippen LogP contribution in [0.4, 0.5) is 0 Å². The monoisotopic (exact) mass is 210 g/mol. The van der Waals surface area contributed by atoms with Crippen LogP contribution in [0.5, 0.6) is 0 Å². The van der Waals surface area contributed by atoms with E-state index in [-0.39, 0.29) is 0 Å². The first kappa shape index (κ1) is 12.7. The molecule has 1 aliphatic heterocycles. The Balaban J connectivity index is 2.27. The Bertz CT molecular complexity index is 191. The van der Waals surface area contributed by atoms with Crippen LogP contribution >= 0.6 is 0 Å². The summed E-state index contributed by atoms with van der Waals surface area (Å²) in [6, 6.07) is 1.33. The number of likely N-dealkylation sites (tertiary alicyclic amines) is 1. The van der Waals surface area contributed by atoms with Gasteiger partial charge in [0.05, 0.1) is 0 Å². The van der Waals surface area contributed by atoms with Gasteiger partial charge >= 0.3 is 0 Å². The standard InChI is InChI=1S/C13H26N2/c1-5-6-7-12(3)14-13-8-9-15(4)10-11(13)2/h5,11-14H,1,6-10H2,2-4H3. The number of hydrogen-bond donors (Lipinski definition) is 1. The quantitative estimate of drug-likeness (QED) is 0.700. The summed E-state index contributed by atoms with van der Waals surface area (Å²) in [6.45, 7) is 10.9. The van der Waals surface area contributed by atoms with Gasteiger partial charge in [0, 0.05) is 18.6 Å². The van der Waals surface area contributed by atoms with Crippen LogP contribution in [0.2, 0.25) is 0 Å². The number of allylic oxidation sites excluding steroid dienone is 1. The van der Waals surface area contributed by atoms with Crippen LogP contribution in [0.25, 0.3) is 0 Å². The van der Waals surface area contributed by atoms with E-state index < -0.39 is 0 Å². The molecule has 0 radical (unpaired) electrons. The molecule has 1 rings (SSSR count). The first-order valence-electron chi connectivity index (χ1n) is 6.19. The largest absolute Gasteiger partial charge is 0.311 e. The molecule has 1 N–H and O–H groups in total. The maximum atomic E-state index is 3.77.